The van der Waals surface area contributed by atoms with Crippen LogP contribution in [-0.2, 0) is 11.3 Å². The number of hydrogen-bond acceptors (Lipinski definition) is 4. The number of amides is 1. The molecule has 0 unspecified atom stereocenters. The summed E-state index contributed by atoms with van der Waals surface area (Å²) in [5.41, 5.74) is 0.725. The SMILES string of the molecule is COc1cccc(CN2CCN(C(=O)OC(C)(C)C)C3(CC3)C2)c1Br. The molecule has 3 rings (SSSR count). The summed E-state index contributed by atoms with van der Waals surface area (Å²) in [6, 6.07) is 6.09. The lowest BCUT2D eigenvalue weighted by atomic mass is 10.1. The van der Waals surface area contributed by atoms with Crippen molar-refractivity contribution in [3.05, 3.63) is 28.2 Å². The molecule has 25 heavy (non-hydrogen) atoms. The number of methoxy groups -OCH3 is 1. The number of ether oxygens (including phenoxy) is 2. The Morgan fingerprint density at radius 3 is 2.60 bits per heavy atom. The Kier molecular flexibility index (Phi) is 5.04. The fourth-order valence-corrected chi connectivity index (χ4v) is 4.00. The highest BCUT2D eigenvalue weighted by Crippen LogP contribution is 2.45. The van der Waals surface area contributed by atoms with Crippen molar-refractivity contribution in [2.24, 2.45) is 0 Å². The first-order valence-electron chi connectivity index (χ1n) is 8.78. The molecule has 0 N–H and O–H groups in total. The zero-order chi connectivity index (χ0) is 18.2. The average Bonchev–Trinajstić information content (AvgIpc) is 3.27. The van der Waals surface area contributed by atoms with E-state index in [0.717, 1.165) is 49.2 Å². The van der Waals surface area contributed by atoms with Crippen molar-refractivity contribution in [2.75, 3.05) is 26.7 Å². The number of rotatable bonds is 3. The second-order valence-electron chi connectivity index (χ2n) is 8.00. The molecule has 1 aliphatic carbocycles. The third-order valence-corrected chi connectivity index (χ3v) is 5.73. The fourth-order valence-electron chi connectivity index (χ4n) is 3.45. The summed E-state index contributed by atoms with van der Waals surface area (Å²) >= 11 is 3.64. The maximum absolute atomic E-state index is 12.5. The van der Waals surface area contributed by atoms with Crippen LogP contribution in [0.1, 0.15) is 39.2 Å². The Hall–Kier alpha value is -1.27. The number of hydrogen-bond donors (Lipinski definition) is 0. The summed E-state index contributed by atoms with van der Waals surface area (Å²) in [7, 11) is 1.68. The highest BCUT2D eigenvalue weighted by molar-refractivity contribution is 9.10. The Morgan fingerprint density at radius 1 is 1.28 bits per heavy atom. The molecule has 2 aliphatic rings. The molecule has 6 heteroatoms. The van der Waals surface area contributed by atoms with E-state index in [9.17, 15) is 4.79 Å². The maximum Gasteiger partial charge on any atom is 0.410 e. The van der Waals surface area contributed by atoms with Gasteiger partial charge in [0.2, 0.25) is 0 Å². The van der Waals surface area contributed by atoms with Crippen molar-refractivity contribution >= 4 is 22.0 Å². The van der Waals surface area contributed by atoms with Gasteiger partial charge in [-0.25, -0.2) is 4.79 Å². The first-order valence-corrected chi connectivity index (χ1v) is 9.58. The molecule has 1 aliphatic heterocycles. The Balaban J connectivity index is 1.67. The fraction of sp³-hybridized carbons (Fsp3) is 0.632. The van der Waals surface area contributed by atoms with Gasteiger partial charge in [0.05, 0.1) is 17.1 Å². The lowest BCUT2D eigenvalue weighted by molar-refractivity contribution is -0.00811. The van der Waals surface area contributed by atoms with Gasteiger partial charge < -0.3 is 9.47 Å². The normalized spacial score (nSPS) is 19.8. The Bertz CT molecular complexity index is 653. The van der Waals surface area contributed by atoms with Gasteiger partial charge >= 0.3 is 6.09 Å². The number of carbonyl (C=O) groups excluding carboxylic acids is 1. The van der Waals surface area contributed by atoms with Gasteiger partial charge in [0.15, 0.2) is 0 Å². The van der Waals surface area contributed by atoms with Gasteiger partial charge in [-0.1, -0.05) is 12.1 Å². The molecule has 0 aromatic heterocycles. The molecular formula is C19H27BrN2O3. The Labute approximate surface area is 158 Å². The minimum Gasteiger partial charge on any atom is -0.496 e. The molecule has 0 atom stereocenters. The molecule has 1 saturated carbocycles. The van der Waals surface area contributed by atoms with Gasteiger partial charge in [0.25, 0.3) is 0 Å². The standard InChI is InChI=1S/C19H27BrN2O3/c1-18(2,3)25-17(23)22-11-10-21(13-19(22)8-9-19)12-14-6-5-7-15(24-4)16(14)20/h5-7H,8-13H2,1-4H3. The van der Waals surface area contributed by atoms with E-state index in [1.807, 2.05) is 37.8 Å². The largest absolute Gasteiger partial charge is 0.496 e. The van der Waals surface area contributed by atoms with Crippen LogP contribution in [0, 0.1) is 0 Å². The van der Waals surface area contributed by atoms with Crippen LogP contribution >= 0.6 is 15.9 Å². The van der Waals surface area contributed by atoms with Gasteiger partial charge in [-0.2, -0.15) is 0 Å². The highest BCUT2D eigenvalue weighted by atomic mass is 79.9. The minimum atomic E-state index is -0.449. The van der Waals surface area contributed by atoms with Gasteiger partial charge in [0, 0.05) is 26.2 Å². The monoisotopic (exact) mass is 410 g/mol. The van der Waals surface area contributed by atoms with E-state index in [4.69, 9.17) is 9.47 Å². The maximum atomic E-state index is 12.5. The summed E-state index contributed by atoms with van der Waals surface area (Å²) in [5, 5.41) is 0. The van der Waals surface area contributed by atoms with Crippen molar-refractivity contribution in [3.8, 4) is 5.75 Å². The van der Waals surface area contributed by atoms with Crippen LogP contribution in [0.4, 0.5) is 4.79 Å². The molecule has 138 valence electrons. The predicted octanol–water partition coefficient (Wildman–Crippen LogP) is 4.04. The van der Waals surface area contributed by atoms with E-state index in [1.165, 1.54) is 5.56 Å². The molecular weight excluding hydrogens is 384 g/mol. The summed E-state index contributed by atoms with van der Waals surface area (Å²) < 4.78 is 12.0. The van der Waals surface area contributed by atoms with Gasteiger partial charge in [-0.15, -0.1) is 0 Å². The summed E-state index contributed by atoms with van der Waals surface area (Å²) in [5.74, 6) is 0.853. The van der Waals surface area contributed by atoms with E-state index < -0.39 is 5.60 Å². The molecule has 1 spiro atoms. The van der Waals surface area contributed by atoms with Crippen LogP contribution < -0.4 is 4.74 Å². The molecule has 1 saturated heterocycles. The van der Waals surface area contributed by atoms with Crippen molar-refractivity contribution in [2.45, 2.75) is 51.3 Å². The van der Waals surface area contributed by atoms with Crippen molar-refractivity contribution in [3.63, 3.8) is 0 Å². The molecule has 1 aromatic rings. The van der Waals surface area contributed by atoms with Crippen molar-refractivity contribution in [1.29, 1.82) is 0 Å². The second kappa shape index (κ2) is 6.80. The van der Waals surface area contributed by atoms with Crippen LogP contribution in [0.15, 0.2) is 22.7 Å². The van der Waals surface area contributed by atoms with Crippen LogP contribution in [0.2, 0.25) is 0 Å². The van der Waals surface area contributed by atoms with Crippen molar-refractivity contribution < 1.29 is 14.3 Å². The van der Waals surface area contributed by atoms with Crippen LogP contribution in [0.5, 0.6) is 5.75 Å². The smallest absolute Gasteiger partial charge is 0.410 e. The van der Waals surface area contributed by atoms with Crippen LogP contribution in [-0.4, -0.2) is 53.8 Å². The molecule has 5 nitrogen and oxygen atoms in total. The molecule has 1 aromatic carbocycles. The van der Waals surface area contributed by atoms with E-state index in [2.05, 4.69) is 26.9 Å². The van der Waals surface area contributed by atoms with Gasteiger partial charge in [-0.3, -0.25) is 9.80 Å². The van der Waals surface area contributed by atoms with Gasteiger partial charge in [-0.05, 0) is 61.2 Å². The quantitative estimate of drug-likeness (QED) is 0.753. The topological polar surface area (TPSA) is 42.0 Å². The lowest BCUT2D eigenvalue weighted by Gasteiger charge is -2.42. The molecule has 1 amide bonds. The highest BCUT2D eigenvalue weighted by Gasteiger charge is 2.54. The predicted molar refractivity (Wildman–Crippen MR) is 101 cm³/mol. The average molecular weight is 411 g/mol. The number of halogens is 1. The van der Waals surface area contributed by atoms with Crippen molar-refractivity contribution in [1.82, 2.24) is 9.80 Å². The second-order valence-corrected chi connectivity index (χ2v) is 8.79. The van der Waals surface area contributed by atoms with E-state index in [0.29, 0.717) is 0 Å². The first kappa shape index (κ1) is 18.5. The number of nitrogens with zero attached hydrogens (tertiary/aromatic N) is 2. The molecule has 0 radical (unpaired) electrons. The third kappa shape index (κ3) is 4.11. The number of piperazine rings is 1. The summed E-state index contributed by atoms with van der Waals surface area (Å²) in [4.78, 5) is 16.9. The van der Waals surface area contributed by atoms with E-state index in [-0.39, 0.29) is 11.6 Å². The number of benzene rings is 1. The zero-order valence-electron chi connectivity index (χ0n) is 15.5. The summed E-state index contributed by atoms with van der Waals surface area (Å²) in [6.45, 7) is 9.07. The van der Waals surface area contributed by atoms with E-state index >= 15 is 0 Å². The molecule has 1 heterocycles. The third-order valence-electron chi connectivity index (χ3n) is 4.83. The zero-order valence-corrected chi connectivity index (χ0v) is 17.1. The molecule has 0 bridgehead atoms. The number of carbonyl (C=O) groups is 1. The van der Waals surface area contributed by atoms with E-state index in [1.54, 1.807) is 7.11 Å². The molecule has 2 fully saturated rings. The van der Waals surface area contributed by atoms with Crippen LogP contribution in [0.3, 0.4) is 0 Å². The first-order chi connectivity index (χ1) is 11.7. The summed E-state index contributed by atoms with van der Waals surface area (Å²) in [6.07, 6.45) is 1.94. The lowest BCUT2D eigenvalue weighted by Crippen LogP contribution is -2.57. The minimum absolute atomic E-state index is 0.0358. The van der Waals surface area contributed by atoms with Crippen LogP contribution in [0.25, 0.3) is 0 Å². The Morgan fingerprint density at radius 2 is 2.00 bits per heavy atom. The van der Waals surface area contributed by atoms with Gasteiger partial charge in [0.1, 0.15) is 11.4 Å².